The van der Waals surface area contributed by atoms with Crippen LogP contribution in [0.25, 0.3) is 5.82 Å². The van der Waals surface area contributed by atoms with Crippen LogP contribution in [0.2, 0.25) is 0 Å². The van der Waals surface area contributed by atoms with Crippen molar-refractivity contribution in [2.75, 3.05) is 13.2 Å². The summed E-state index contributed by atoms with van der Waals surface area (Å²) in [5.74, 6) is 3.27. The molecule has 0 unspecified atom stereocenters. The number of nitrogens with zero attached hydrogens (tertiary/aromatic N) is 4. The molecule has 4 rings (SSSR count). The lowest BCUT2D eigenvalue weighted by atomic mass is 10.2. The molecule has 3 aromatic rings. The van der Waals surface area contributed by atoms with Gasteiger partial charge in [0.2, 0.25) is 0 Å². The van der Waals surface area contributed by atoms with E-state index in [9.17, 15) is 0 Å². The average Bonchev–Trinajstić information content (AvgIpc) is 3.57. The van der Waals surface area contributed by atoms with Gasteiger partial charge >= 0.3 is 0 Å². The van der Waals surface area contributed by atoms with Crippen LogP contribution in [0.3, 0.4) is 0 Å². The second-order valence-corrected chi connectivity index (χ2v) is 8.27. The van der Waals surface area contributed by atoms with Crippen molar-refractivity contribution < 1.29 is 4.74 Å². The third kappa shape index (κ3) is 7.18. The zero-order valence-corrected chi connectivity index (χ0v) is 21.9. The third-order valence-electron chi connectivity index (χ3n) is 5.39. The van der Waals surface area contributed by atoms with Crippen molar-refractivity contribution in [1.82, 2.24) is 25.4 Å². The molecule has 176 valence electrons. The van der Waals surface area contributed by atoms with Crippen molar-refractivity contribution in [3.05, 3.63) is 71.2 Å². The van der Waals surface area contributed by atoms with E-state index < -0.39 is 0 Å². The molecule has 0 atom stereocenters. The fourth-order valence-electron chi connectivity index (χ4n) is 3.47. The molecule has 2 N–H and O–H groups in total. The lowest BCUT2D eigenvalue weighted by Gasteiger charge is -2.14. The molecule has 33 heavy (non-hydrogen) atoms. The highest BCUT2D eigenvalue weighted by molar-refractivity contribution is 14.0. The molecule has 0 saturated heterocycles. The van der Waals surface area contributed by atoms with Gasteiger partial charge in [0.1, 0.15) is 5.75 Å². The third-order valence-corrected chi connectivity index (χ3v) is 5.39. The first-order valence-corrected chi connectivity index (χ1v) is 11.3. The van der Waals surface area contributed by atoms with E-state index in [0.29, 0.717) is 13.1 Å². The van der Waals surface area contributed by atoms with Crippen LogP contribution in [0.1, 0.15) is 42.3 Å². The van der Waals surface area contributed by atoms with E-state index in [-0.39, 0.29) is 24.0 Å². The summed E-state index contributed by atoms with van der Waals surface area (Å²) < 4.78 is 7.88. The number of hydrogen-bond acceptors (Lipinski definition) is 4. The second kappa shape index (κ2) is 12.0. The Balaban J connectivity index is 0.00000306. The number of rotatable bonds is 9. The summed E-state index contributed by atoms with van der Waals surface area (Å²) in [6.07, 6.45) is 4.43. The molecule has 7 nitrogen and oxygen atoms in total. The summed E-state index contributed by atoms with van der Waals surface area (Å²) in [5.41, 5.74) is 4.23. The molecular formula is C25H33IN6O. The highest BCUT2D eigenvalue weighted by atomic mass is 127. The maximum atomic E-state index is 6.02. The van der Waals surface area contributed by atoms with Crippen molar-refractivity contribution in [2.24, 2.45) is 10.9 Å². The number of hydrogen-bond donors (Lipinski definition) is 2. The molecule has 1 aliphatic rings. The van der Waals surface area contributed by atoms with Gasteiger partial charge in [-0.05, 0) is 63.3 Å². The number of benzene rings is 1. The Labute approximate surface area is 213 Å². The van der Waals surface area contributed by atoms with Crippen molar-refractivity contribution >= 4 is 29.9 Å². The molecule has 1 fully saturated rings. The van der Waals surface area contributed by atoms with Crippen molar-refractivity contribution in [3.8, 4) is 11.6 Å². The predicted octanol–water partition coefficient (Wildman–Crippen LogP) is 4.55. The summed E-state index contributed by atoms with van der Waals surface area (Å²) in [5, 5.41) is 11.2. The molecule has 1 aliphatic carbocycles. The molecule has 0 spiro atoms. The van der Waals surface area contributed by atoms with Gasteiger partial charge in [-0.2, -0.15) is 5.10 Å². The fraction of sp³-hybridized carbons (Fsp3) is 0.400. The number of aryl methyl sites for hydroxylation is 2. The number of halogens is 1. The zero-order chi connectivity index (χ0) is 22.3. The smallest absolute Gasteiger partial charge is 0.191 e. The largest absolute Gasteiger partial charge is 0.493 e. The minimum absolute atomic E-state index is 0. The molecule has 0 amide bonds. The first-order valence-electron chi connectivity index (χ1n) is 11.3. The highest BCUT2D eigenvalue weighted by Gasteiger charge is 2.22. The fourth-order valence-corrected chi connectivity index (χ4v) is 3.47. The SMILES string of the molecule is CCNC(=NCc1ccc(-n2nc(C)cc2C)nc1)NCc1ccccc1OCC1CC1.I. The molecule has 1 saturated carbocycles. The normalized spacial score (nSPS) is 13.4. The standard InChI is InChI=1S/C25H32N6O.HI/c1-4-26-25(29-16-22-7-5-6-8-23(22)32-17-20-9-10-20)28-15-21-11-12-24(27-14-21)31-19(3)13-18(2)30-31;/h5-8,11-14,20H,4,9-10,15-17H2,1-3H3,(H2,26,28,29);1H. The van der Waals surface area contributed by atoms with E-state index in [1.54, 1.807) is 0 Å². The molecule has 2 heterocycles. The van der Waals surface area contributed by atoms with Crippen molar-refractivity contribution in [2.45, 2.75) is 46.7 Å². The number of ether oxygens (including phenoxy) is 1. The minimum atomic E-state index is 0. The molecule has 0 radical (unpaired) electrons. The van der Waals surface area contributed by atoms with Crippen LogP contribution < -0.4 is 15.4 Å². The van der Waals surface area contributed by atoms with Crippen molar-refractivity contribution in [3.63, 3.8) is 0 Å². The van der Waals surface area contributed by atoms with E-state index in [1.165, 1.54) is 12.8 Å². The van der Waals surface area contributed by atoms with Gasteiger partial charge in [-0.3, -0.25) is 0 Å². The Morgan fingerprint density at radius 3 is 2.64 bits per heavy atom. The molecular weight excluding hydrogens is 527 g/mol. The van der Waals surface area contributed by atoms with Crippen molar-refractivity contribution in [1.29, 1.82) is 0 Å². The summed E-state index contributed by atoms with van der Waals surface area (Å²) >= 11 is 0. The molecule has 0 aliphatic heterocycles. The zero-order valence-electron chi connectivity index (χ0n) is 19.5. The van der Waals surface area contributed by atoms with Crippen LogP contribution in [0.5, 0.6) is 5.75 Å². The van der Waals surface area contributed by atoms with Gasteiger partial charge in [0.15, 0.2) is 11.8 Å². The Bertz CT molecular complexity index is 1060. The van der Waals surface area contributed by atoms with E-state index in [0.717, 1.165) is 59.1 Å². The Kier molecular flexibility index (Phi) is 9.11. The summed E-state index contributed by atoms with van der Waals surface area (Å²) in [7, 11) is 0. The van der Waals surface area contributed by atoms with Crippen LogP contribution in [-0.2, 0) is 13.1 Å². The number of para-hydroxylation sites is 1. The molecule has 8 heteroatoms. The maximum absolute atomic E-state index is 6.02. The Morgan fingerprint density at radius 2 is 1.97 bits per heavy atom. The van der Waals surface area contributed by atoms with Gasteiger partial charge < -0.3 is 15.4 Å². The minimum Gasteiger partial charge on any atom is -0.493 e. The van der Waals surface area contributed by atoms with E-state index in [4.69, 9.17) is 9.73 Å². The topological polar surface area (TPSA) is 76.4 Å². The number of guanidine groups is 1. The number of aromatic nitrogens is 3. The first-order chi connectivity index (χ1) is 15.6. The van der Waals surface area contributed by atoms with Gasteiger partial charge in [-0.25, -0.2) is 14.7 Å². The predicted molar refractivity (Wildman–Crippen MR) is 143 cm³/mol. The van der Waals surface area contributed by atoms with Crippen LogP contribution in [-0.4, -0.2) is 33.9 Å². The van der Waals surface area contributed by atoms with Crippen LogP contribution in [0.4, 0.5) is 0 Å². The molecule has 1 aromatic carbocycles. The lowest BCUT2D eigenvalue weighted by molar-refractivity contribution is 0.296. The summed E-state index contributed by atoms with van der Waals surface area (Å²) in [6.45, 7) is 8.88. The number of nitrogens with one attached hydrogen (secondary N) is 2. The summed E-state index contributed by atoms with van der Waals surface area (Å²) in [4.78, 5) is 9.29. The number of pyridine rings is 1. The highest BCUT2D eigenvalue weighted by Crippen LogP contribution is 2.30. The van der Waals surface area contributed by atoms with Gasteiger partial charge in [0, 0.05) is 30.5 Å². The van der Waals surface area contributed by atoms with Gasteiger partial charge in [-0.15, -0.1) is 24.0 Å². The second-order valence-electron chi connectivity index (χ2n) is 8.27. The quantitative estimate of drug-likeness (QED) is 0.228. The first kappa shape index (κ1) is 25.0. The van der Waals surface area contributed by atoms with Crippen LogP contribution >= 0.6 is 24.0 Å². The summed E-state index contributed by atoms with van der Waals surface area (Å²) in [6, 6.07) is 14.3. The van der Waals surface area contributed by atoms with E-state index in [1.807, 2.05) is 61.1 Å². The van der Waals surface area contributed by atoms with E-state index in [2.05, 4.69) is 33.7 Å². The van der Waals surface area contributed by atoms with Crippen LogP contribution in [0, 0.1) is 19.8 Å². The number of aliphatic imine (C=N–C) groups is 1. The monoisotopic (exact) mass is 560 g/mol. The Morgan fingerprint density at radius 1 is 1.15 bits per heavy atom. The lowest BCUT2D eigenvalue weighted by Crippen LogP contribution is -2.36. The molecule has 0 bridgehead atoms. The van der Waals surface area contributed by atoms with Gasteiger partial charge in [-0.1, -0.05) is 24.3 Å². The maximum Gasteiger partial charge on any atom is 0.191 e. The van der Waals surface area contributed by atoms with Gasteiger partial charge in [0.25, 0.3) is 0 Å². The molecule has 2 aromatic heterocycles. The average molecular weight is 560 g/mol. The van der Waals surface area contributed by atoms with E-state index >= 15 is 0 Å². The van der Waals surface area contributed by atoms with Crippen LogP contribution in [0.15, 0.2) is 53.7 Å². The Hall–Kier alpha value is -2.62. The van der Waals surface area contributed by atoms with Gasteiger partial charge in [0.05, 0.1) is 18.8 Å².